The molecule has 0 aromatic heterocycles. The number of rotatable bonds is 3. The van der Waals surface area contributed by atoms with Crippen LogP contribution in [-0.2, 0) is 0 Å². The van der Waals surface area contributed by atoms with Crippen molar-refractivity contribution in [2.75, 3.05) is 0 Å². The number of carbonyl (C=O) groups excluding carboxylic acids is 1. The standard InChI is InChI=1S/C21H19N3O3/c22-11-15-10-18(25)20(26)17(12-23)19(15)13-5-4-6-14(9-13)21(27)24-16-7-2-1-3-8-16/h4-6,9-10,16,25-26H,1-3,7-8H2,(H,24,27). The third-order valence-electron chi connectivity index (χ3n) is 4.87. The molecular weight excluding hydrogens is 342 g/mol. The first-order valence-electron chi connectivity index (χ1n) is 8.85. The van der Waals surface area contributed by atoms with Gasteiger partial charge in [0.1, 0.15) is 11.6 Å². The maximum absolute atomic E-state index is 12.6. The third kappa shape index (κ3) is 3.70. The number of nitrogens with one attached hydrogen (secondary N) is 1. The Morgan fingerprint density at radius 2 is 1.81 bits per heavy atom. The van der Waals surface area contributed by atoms with Crippen molar-refractivity contribution in [2.45, 2.75) is 38.1 Å². The lowest BCUT2D eigenvalue weighted by atomic mass is 9.92. The Hall–Kier alpha value is -3.51. The van der Waals surface area contributed by atoms with Crippen LogP contribution in [-0.4, -0.2) is 22.2 Å². The molecule has 1 fully saturated rings. The highest BCUT2D eigenvalue weighted by Crippen LogP contribution is 2.39. The van der Waals surface area contributed by atoms with Crippen LogP contribution >= 0.6 is 0 Å². The van der Waals surface area contributed by atoms with Gasteiger partial charge in [0, 0.05) is 23.2 Å². The fourth-order valence-electron chi connectivity index (χ4n) is 3.49. The van der Waals surface area contributed by atoms with Gasteiger partial charge < -0.3 is 15.5 Å². The summed E-state index contributed by atoms with van der Waals surface area (Å²) in [5, 5.41) is 41.5. The lowest BCUT2D eigenvalue weighted by molar-refractivity contribution is 0.0927. The number of phenolic OH excluding ortho intramolecular Hbond substituents is 2. The molecular formula is C21H19N3O3. The molecule has 1 aliphatic carbocycles. The number of benzene rings is 2. The number of aromatic hydroxyl groups is 2. The van der Waals surface area contributed by atoms with E-state index in [1.54, 1.807) is 24.3 Å². The number of carbonyl (C=O) groups is 1. The first-order chi connectivity index (χ1) is 13.0. The number of phenols is 2. The minimum Gasteiger partial charge on any atom is -0.504 e. The summed E-state index contributed by atoms with van der Waals surface area (Å²) in [6, 6.07) is 11.6. The van der Waals surface area contributed by atoms with E-state index in [4.69, 9.17) is 0 Å². The second-order valence-electron chi connectivity index (χ2n) is 6.65. The van der Waals surface area contributed by atoms with Gasteiger partial charge in [-0.05, 0) is 30.5 Å². The number of amides is 1. The topological polar surface area (TPSA) is 117 Å². The van der Waals surface area contributed by atoms with Gasteiger partial charge in [-0.15, -0.1) is 0 Å². The number of hydrogen-bond donors (Lipinski definition) is 3. The molecule has 0 unspecified atom stereocenters. The largest absolute Gasteiger partial charge is 0.504 e. The van der Waals surface area contributed by atoms with Crippen molar-refractivity contribution in [1.29, 1.82) is 10.5 Å². The van der Waals surface area contributed by atoms with Gasteiger partial charge in [0.2, 0.25) is 0 Å². The molecule has 3 rings (SSSR count). The lowest BCUT2D eigenvalue weighted by Crippen LogP contribution is -2.36. The summed E-state index contributed by atoms with van der Waals surface area (Å²) < 4.78 is 0. The summed E-state index contributed by atoms with van der Waals surface area (Å²) in [5.41, 5.74) is 0.916. The highest BCUT2D eigenvalue weighted by atomic mass is 16.3. The SMILES string of the molecule is N#Cc1cc(O)c(O)c(C#N)c1-c1cccc(C(=O)NC2CCCCC2)c1. The van der Waals surface area contributed by atoms with Crippen LogP contribution in [0.1, 0.15) is 53.6 Å². The molecule has 0 aliphatic heterocycles. The minimum absolute atomic E-state index is 0.0479. The van der Waals surface area contributed by atoms with Crippen LogP contribution in [0.5, 0.6) is 11.5 Å². The predicted octanol–water partition coefficient (Wildman–Crippen LogP) is 3.57. The smallest absolute Gasteiger partial charge is 0.251 e. The number of nitrogens with zero attached hydrogens (tertiary/aromatic N) is 2. The van der Waals surface area contributed by atoms with Crippen molar-refractivity contribution >= 4 is 5.91 Å². The third-order valence-corrected chi connectivity index (χ3v) is 4.87. The van der Waals surface area contributed by atoms with E-state index in [1.165, 1.54) is 6.42 Å². The fraction of sp³-hybridized carbons (Fsp3) is 0.286. The van der Waals surface area contributed by atoms with Crippen LogP contribution in [0, 0.1) is 22.7 Å². The highest BCUT2D eigenvalue weighted by molar-refractivity contribution is 5.96. The Kier molecular flexibility index (Phi) is 5.28. The van der Waals surface area contributed by atoms with E-state index in [-0.39, 0.29) is 28.6 Å². The molecule has 2 aromatic carbocycles. The summed E-state index contributed by atoms with van der Waals surface area (Å²) in [6.07, 6.45) is 5.34. The average molecular weight is 361 g/mol. The fourth-order valence-corrected chi connectivity index (χ4v) is 3.49. The Morgan fingerprint density at radius 1 is 1.07 bits per heavy atom. The van der Waals surface area contributed by atoms with Gasteiger partial charge >= 0.3 is 0 Å². The van der Waals surface area contributed by atoms with Gasteiger partial charge in [-0.25, -0.2) is 0 Å². The molecule has 27 heavy (non-hydrogen) atoms. The molecule has 3 N–H and O–H groups in total. The van der Waals surface area contributed by atoms with Crippen LogP contribution in [0.3, 0.4) is 0 Å². The second kappa shape index (κ2) is 7.80. The van der Waals surface area contributed by atoms with Crippen molar-refractivity contribution in [2.24, 2.45) is 0 Å². The highest BCUT2D eigenvalue weighted by Gasteiger charge is 2.21. The zero-order valence-corrected chi connectivity index (χ0v) is 14.7. The van der Waals surface area contributed by atoms with Crippen LogP contribution in [0.15, 0.2) is 30.3 Å². The Labute approximate surface area is 157 Å². The molecule has 2 aromatic rings. The van der Waals surface area contributed by atoms with E-state index in [0.29, 0.717) is 11.1 Å². The molecule has 6 nitrogen and oxygen atoms in total. The van der Waals surface area contributed by atoms with Crippen LogP contribution in [0.2, 0.25) is 0 Å². The maximum Gasteiger partial charge on any atom is 0.251 e. The summed E-state index contributed by atoms with van der Waals surface area (Å²) >= 11 is 0. The molecule has 0 spiro atoms. The van der Waals surface area contributed by atoms with Gasteiger partial charge in [0.15, 0.2) is 11.5 Å². The quantitative estimate of drug-likeness (QED) is 0.723. The van der Waals surface area contributed by atoms with Gasteiger partial charge in [0.25, 0.3) is 5.91 Å². The molecule has 0 saturated heterocycles. The van der Waals surface area contributed by atoms with E-state index in [9.17, 15) is 25.5 Å². The van der Waals surface area contributed by atoms with Crippen molar-refractivity contribution in [3.63, 3.8) is 0 Å². The van der Waals surface area contributed by atoms with E-state index in [1.807, 2.05) is 12.1 Å². The number of nitriles is 2. The van der Waals surface area contributed by atoms with Gasteiger partial charge in [-0.3, -0.25) is 4.79 Å². The van der Waals surface area contributed by atoms with Crippen LogP contribution in [0.25, 0.3) is 11.1 Å². The monoisotopic (exact) mass is 361 g/mol. The molecule has 6 heteroatoms. The molecule has 0 bridgehead atoms. The molecule has 0 radical (unpaired) electrons. The van der Waals surface area contributed by atoms with E-state index in [0.717, 1.165) is 31.7 Å². The molecule has 1 amide bonds. The molecule has 136 valence electrons. The maximum atomic E-state index is 12.6. The first kappa shape index (κ1) is 18.3. The van der Waals surface area contributed by atoms with Crippen molar-refractivity contribution in [3.05, 3.63) is 47.0 Å². The van der Waals surface area contributed by atoms with Crippen LogP contribution < -0.4 is 5.32 Å². The Morgan fingerprint density at radius 3 is 2.48 bits per heavy atom. The molecule has 1 aliphatic rings. The second-order valence-corrected chi connectivity index (χ2v) is 6.65. The molecule has 0 heterocycles. The summed E-state index contributed by atoms with van der Waals surface area (Å²) in [7, 11) is 0. The average Bonchev–Trinajstić information content (AvgIpc) is 2.70. The van der Waals surface area contributed by atoms with Gasteiger partial charge in [-0.1, -0.05) is 31.4 Å². The normalized spacial score (nSPS) is 14.1. The van der Waals surface area contributed by atoms with Crippen molar-refractivity contribution < 1.29 is 15.0 Å². The summed E-state index contributed by atoms with van der Waals surface area (Å²) in [5.74, 6) is -1.31. The Bertz CT molecular complexity index is 964. The number of hydrogen-bond acceptors (Lipinski definition) is 5. The molecule has 0 atom stereocenters. The zero-order valence-electron chi connectivity index (χ0n) is 14.7. The van der Waals surface area contributed by atoms with Gasteiger partial charge in [-0.2, -0.15) is 10.5 Å². The van der Waals surface area contributed by atoms with E-state index in [2.05, 4.69) is 5.32 Å². The van der Waals surface area contributed by atoms with E-state index >= 15 is 0 Å². The molecule has 1 saturated carbocycles. The Balaban J connectivity index is 1.99. The van der Waals surface area contributed by atoms with Crippen molar-refractivity contribution in [1.82, 2.24) is 5.32 Å². The minimum atomic E-state index is -0.580. The van der Waals surface area contributed by atoms with E-state index < -0.39 is 11.5 Å². The summed E-state index contributed by atoms with van der Waals surface area (Å²) in [4.78, 5) is 12.6. The lowest BCUT2D eigenvalue weighted by Gasteiger charge is -2.22. The zero-order chi connectivity index (χ0) is 19.4. The van der Waals surface area contributed by atoms with Crippen molar-refractivity contribution in [3.8, 4) is 34.8 Å². The first-order valence-corrected chi connectivity index (χ1v) is 8.85. The van der Waals surface area contributed by atoms with Crippen LogP contribution in [0.4, 0.5) is 0 Å². The van der Waals surface area contributed by atoms with Gasteiger partial charge in [0.05, 0.1) is 11.6 Å². The summed E-state index contributed by atoms with van der Waals surface area (Å²) in [6.45, 7) is 0. The predicted molar refractivity (Wildman–Crippen MR) is 99.0 cm³/mol.